The van der Waals surface area contributed by atoms with Crippen LogP contribution in [-0.4, -0.2) is 101 Å². The normalized spacial score (nSPS) is 20.2. The molecule has 2 aliphatic rings. The Morgan fingerprint density at radius 1 is 1.14 bits per heavy atom. The van der Waals surface area contributed by atoms with Crippen molar-refractivity contribution in [2.24, 2.45) is 0 Å². The van der Waals surface area contributed by atoms with Gasteiger partial charge in [-0.15, -0.1) is 0 Å². The molecule has 1 N–H and O–H groups in total. The molecule has 2 fully saturated rings. The minimum atomic E-state index is -3.74. The molecular formula is C18H27ClN4O4S. The van der Waals surface area contributed by atoms with E-state index in [0.29, 0.717) is 51.5 Å². The molecule has 156 valence electrons. The third-order valence-electron chi connectivity index (χ3n) is 5.09. The van der Waals surface area contributed by atoms with Crippen molar-refractivity contribution < 1.29 is 17.9 Å². The van der Waals surface area contributed by atoms with Gasteiger partial charge in [0.25, 0.3) is 5.91 Å². The minimum Gasteiger partial charge on any atom is -0.379 e. The number of likely N-dealkylation sites (N-methyl/N-ethyl adjacent to an activating group) is 1. The molecule has 0 bridgehead atoms. The van der Waals surface area contributed by atoms with Gasteiger partial charge in [0.2, 0.25) is 10.0 Å². The third-order valence-corrected chi connectivity index (χ3v) is 7.47. The number of benzene rings is 1. The Morgan fingerprint density at radius 3 is 2.50 bits per heavy atom. The molecular weight excluding hydrogens is 404 g/mol. The maximum atomic E-state index is 13.0. The van der Waals surface area contributed by atoms with Gasteiger partial charge < -0.3 is 15.0 Å². The monoisotopic (exact) mass is 430 g/mol. The fraction of sp³-hybridized carbons (Fsp3) is 0.611. The second kappa shape index (κ2) is 9.51. The Hall–Kier alpha value is -1.23. The second-order valence-electron chi connectivity index (χ2n) is 7.06. The number of hydrogen-bond donors (Lipinski definition) is 1. The van der Waals surface area contributed by atoms with E-state index >= 15 is 0 Å². The largest absolute Gasteiger partial charge is 0.379 e. The minimum absolute atomic E-state index is 0.0143. The number of ether oxygens (including phenoxy) is 1. The maximum absolute atomic E-state index is 13.0. The van der Waals surface area contributed by atoms with Crippen LogP contribution in [0.1, 0.15) is 10.4 Å². The Kier molecular flexibility index (Phi) is 7.30. The van der Waals surface area contributed by atoms with Crippen LogP contribution in [0.4, 0.5) is 0 Å². The summed E-state index contributed by atoms with van der Waals surface area (Å²) in [7, 11) is -1.78. The molecule has 1 aromatic carbocycles. The van der Waals surface area contributed by atoms with Gasteiger partial charge in [-0.1, -0.05) is 11.6 Å². The molecule has 0 unspecified atom stereocenters. The van der Waals surface area contributed by atoms with Gasteiger partial charge in [-0.05, 0) is 25.2 Å². The summed E-state index contributed by atoms with van der Waals surface area (Å²) < 4.78 is 32.7. The first-order valence-electron chi connectivity index (χ1n) is 9.44. The summed E-state index contributed by atoms with van der Waals surface area (Å²) in [5.41, 5.74) is 0.291. The van der Waals surface area contributed by atoms with E-state index < -0.39 is 10.0 Å². The molecule has 0 spiro atoms. The van der Waals surface area contributed by atoms with Gasteiger partial charge in [0.1, 0.15) is 4.90 Å². The zero-order valence-electron chi connectivity index (χ0n) is 16.1. The molecule has 1 aromatic rings. The first-order chi connectivity index (χ1) is 13.4. The first kappa shape index (κ1) is 21.5. The molecule has 0 aromatic heterocycles. The van der Waals surface area contributed by atoms with E-state index in [1.165, 1.54) is 16.4 Å². The van der Waals surface area contributed by atoms with Crippen molar-refractivity contribution in [2.45, 2.75) is 4.90 Å². The Bertz CT molecular complexity index is 791. The van der Waals surface area contributed by atoms with Gasteiger partial charge >= 0.3 is 0 Å². The number of nitrogens with one attached hydrogen (secondary N) is 1. The number of nitrogens with zero attached hydrogens (tertiary/aromatic N) is 3. The molecule has 2 aliphatic heterocycles. The zero-order valence-corrected chi connectivity index (χ0v) is 17.6. The lowest BCUT2D eigenvalue weighted by Crippen LogP contribution is -2.47. The van der Waals surface area contributed by atoms with Crippen molar-refractivity contribution >= 4 is 27.5 Å². The quantitative estimate of drug-likeness (QED) is 0.700. The summed E-state index contributed by atoms with van der Waals surface area (Å²) >= 11 is 6.17. The number of amides is 1. The van der Waals surface area contributed by atoms with E-state index in [2.05, 4.69) is 15.1 Å². The van der Waals surface area contributed by atoms with E-state index in [1.807, 2.05) is 7.05 Å². The van der Waals surface area contributed by atoms with Gasteiger partial charge in [0.05, 0.1) is 18.2 Å². The van der Waals surface area contributed by atoms with Crippen molar-refractivity contribution in [3.63, 3.8) is 0 Å². The Morgan fingerprint density at radius 2 is 1.82 bits per heavy atom. The molecule has 2 saturated heterocycles. The van der Waals surface area contributed by atoms with Crippen LogP contribution in [0.15, 0.2) is 23.1 Å². The second-order valence-corrected chi connectivity index (χ2v) is 9.38. The summed E-state index contributed by atoms with van der Waals surface area (Å²) in [6.07, 6.45) is 0. The number of rotatable bonds is 6. The van der Waals surface area contributed by atoms with E-state index in [1.54, 1.807) is 6.07 Å². The average Bonchev–Trinajstić information content (AvgIpc) is 2.69. The summed E-state index contributed by atoms with van der Waals surface area (Å²) in [5.74, 6) is -0.306. The summed E-state index contributed by atoms with van der Waals surface area (Å²) in [4.78, 5) is 16.8. The number of halogens is 1. The highest BCUT2D eigenvalue weighted by Crippen LogP contribution is 2.26. The Balaban J connectivity index is 1.65. The van der Waals surface area contributed by atoms with Crippen LogP contribution in [-0.2, 0) is 14.8 Å². The smallest absolute Gasteiger partial charge is 0.251 e. The molecule has 2 heterocycles. The molecule has 0 saturated carbocycles. The average molecular weight is 431 g/mol. The first-order valence-corrected chi connectivity index (χ1v) is 11.3. The van der Waals surface area contributed by atoms with Crippen LogP contribution < -0.4 is 5.32 Å². The molecule has 10 heteroatoms. The number of morpholine rings is 1. The lowest BCUT2D eigenvalue weighted by atomic mass is 10.2. The maximum Gasteiger partial charge on any atom is 0.251 e. The molecule has 0 radical (unpaired) electrons. The van der Waals surface area contributed by atoms with Gasteiger partial charge in [-0.2, -0.15) is 4.31 Å². The standard InChI is InChI=1S/C18H27ClN4O4S/c1-21-6-8-23(9-7-21)28(25,26)17-14-15(2-3-16(17)19)18(24)20-4-5-22-10-12-27-13-11-22/h2-3,14H,4-13H2,1H3,(H,20,24). The van der Waals surface area contributed by atoms with E-state index in [9.17, 15) is 13.2 Å². The summed E-state index contributed by atoms with van der Waals surface area (Å²) in [6, 6.07) is 4.40. The highest BCUT2D eigenvalue weighted by atomic mass is 35.5. The zero-order chi connectivity index (χ0) is 20.1. The van der Waals surface area contributed by atoms with E-state index in [-0.39, 0.29) is 15.8 Å². The predicted molar refractivity (Wildman–Crippen MR) is 107 cm³/mol. The van der Waals surface area contributed by atoms with Crippen LogP contribution in [0.2, 0.25) is 5.02 Å². The summed E-state index contributed by atoms with van der Waals surface area (Å²) in [5, 5.41) is 2.98. The molecule has 8 nitrogen and oxygen atoms in total. The highest BCUT2D eigenvalue weighted by Gasteiger charge is 2.30. The SMILES string of the molecule is CN1CCN(S(=O)(=O)c2cc(C(=O)NCCN3CCOCC3)ccc2Cl)CC1. The van der Waals surface area contributed by atoms with Gasteiger partial charge in [-0.3, -0.25) is 9.69 Å². The van der Waals surface area contributed by atoms with Crippen molar-refractivity contribution in [2.75, 3.05) is 72.6 Å². The predicted octanol–water partition coefficient (Wildman–Crippen LogP) is 0.338. The molecule has 0 atom stereocenters. The van der Waals surface area contributed by atoms with Crippen LogP contribution in [0.25, 0.3) is 0 Å². The Labute approximate surface area is 171 Å². The fourth-order valence-corrected chi connectivity index (χ4v) is 5.19. The molecule has 28 heavy (non-hydrogen) atoms. The molecule has 3 rings (SSSR count). The van der Waals surface area contributed by atoms with Gasteiger partial charge in [-0.25, -0.2) is 8.42 Å². The number of hydrogen-bond acceptors (Lipinski definition) is 6. The lowest BCUT2D eigenvalue weighted by molar-refractivity contribution is 0.0383. The van der Waals surface area contributed by atoms with Crippen molar-refractivity contribution in [3.8, 4) is 0 Å². The van der Waals surface area contributed by atoms with Crippen LogP contribution in [0.3, 0.4) is 0 Å². The van der Waals surface area contributed by atoms with Gasteiger partial charge in [0.15, 0.2) is 0 Å². The van der Waals surface area contributed by atoms with Crippen molar-refractivity contribution in [1.82, 2.24) is 19.4 Å². The number of sulfonamides is 1. The van der Waals surface area contributed by atoms with Gasteiger partial charge in [0, 0.05) is 57.9 Å². The number of carbonyl (C=O) groups excluding carboxylic acids is 1. The van der Waals surface area contributed by atoms with Crippen LogP contribution >= 0.6 is 11.6 Å². The van der Waals surface area contributed by atoms with Crippen molar-refractivity contribution in [1.29, 1.82) is 0 Å². The number of carbonyl (C=O) groups is 1. The van der Waals surface area contributed by atoms with E-state index in [4.69, 9.17) is 16.3 Å². The molecule has 0 aliphatic carbocycles. The lowest BCUT2D eigenvalue weighted by Gasteiger charge is -2.31. The third kappa shape index (κ3) is 5.22. The van der Waals surface area contributed by atoms with Crippen LogP contribution in [0, 0.1) is 0 Å². The van der Waals surface area contributed by atoms with E-state index in [0.717, 1.165) is 19.6 Å². The highest BCUT2D eigenvalue weighted by molar-refractivity contribution is 7.89. The summed E-state index contributed by atoms with van der Waals surface area (Å²) in [6.45, 7) is 6.48. The van der Waals surface area contributed by atoms with Crippen molar-refractivity contribution in [3.05, 3.63) is 28.8 Å². The molecule has 1 amide bonds. The van der Waals surface area contributed by atoms with Crippen LogP contribution in [0.5, 0.6) is 0 Å². The fourth-order valence-electron chi connectivity index (χ4n) is 3.26. The number of piperazine rings is 1. The topological polar surface area (TPSA) is 82.2 Å².